The van der Waals surface area contributed by atoms with Gasteiger partial charge in [0.2, 0.25) is 5.91 Å². The molecular formula is C8H11ClN2O. The highest BCUT2D eigenvalue weighted by Gasteiger charge is 2.39. The van der Waals surface area contributed by atoms with Crippen LogP contribution < -0.4 is 5.32 Å². The van der Waals surface area contributed by atoms with Gasteiger partial charge in [-0.1, -0.05) is 0 Å². The Kier molecular flexibility index (Phi) is 2.58. The Morgan fingerprint density at radius 2 is 2.33 bits per heavy atom. The molecule has 0 spiro atoms. The number of nitriles is 1. The molecule has 1 aliphatic carbocycles. The molecule has 0 aromatic rings. The summed E-state index contributed by atoms with van der Waals surface area (Å²) in [7, 11) is 0. The van der Waals surface area contributed by atoms with E-state index in [1.165, 1.54) is 0 Å². The SMILES string of the molecule is C[C@@H](Cl)C(=O)NC1(C#N)CCC1. The van der Waals surface area contributed by atoms with Crippen LogP contribution in [0.3, 0.4) is 0 Å². The number of hydrogen-bond donors (Lipinski definition) is 1. The Hall–Kier alpha value is -0.750. The lowest BCUT2D eigenvalue weighted by Crippen LogP contribution is -2.54. The van der Waals surface area contributed by atoms with Crippen molar-refractivity contribution in [3.05, 3.63) is 0 Å². The van der Waals surface area contributed by atoms with E-state index in [-0.39, 0.29) is 5.91 Å². The molecule has 4 heteroatoms. The maximum atomic E-state index is 11.1. The lowest BCUT2D eigenvalue weighted by Gasteiger charge is -2.36. The molecule has 1 fully saturated rings. The van der Waals surface area contributed by atoms with Gasteiger partial charge in [0.15, 0.2) is 0 Å². The van der Waals surface area contributed by atoms with Crippen LogP contribution in [0.25, 0.3) is 0 Å². The van der Waals surface area contributed by atoms with Crippen molar-refractivity contribution < 1.29 is 4.79 Å². The quantitative estimate of drug-likeness (QED) is 0.659. The van der Waals surface area contributed by atoms with E-state index in [4.69, 9.17) is 16.9 Å². The van der Waals surface area contributed by atoms with Gasteiger partial charge in [-0.15, -0.1) is 11.6 Å². The van der Waals surface area contributed by atoms with Crippen molar-refractivity contribution in [1.29, 1.82) is 5.26 Å². The molecule has 3 nitrogen and oxygen atoms in total. The van der Waals surface area contributed by atoms with E-state index in [2.05, 4.69) is 11.4 Å². The smallest absolute Gasteiger partial charge is 0.239 e. The molecule has 0 aliphatic heterocycles. The molecule has 1 rings (SSSR count). The molecule has 0 radical (unpaired) electrons. The highest BCUT2D eigenvalue weighted by atomic mass is 35.5. The topological polar surface area (TPSA) is 52.9 Å². The molecule has 66 valence electrons. The monoisotopic (exact) mass is 186 g/mol. The van der Waals surface area contributed by atoms with Crippen LogP contribution in [-0.2, 0) is 4.79 Å². The molecule has 0 unspecified atom stereocenters. The van der Waals surface area contributed by atoms with E-state index >= 15 is 0 Å². The normalized spacial score (nSPS) is 21.8. The zero-order valence-electron chi connectivity index (χ0n) is 6.93. The van der Waals surface area contributed by atoms with Gasteiger partial charge < -0.3 is 5.32 Å². The number of alkyl halides is 1. The van der Waals surface area contributed by atoms with Crippen molar-refractivity contribution in [2.24, 2.45) is 0 Å². The van der Waals surface area contributed by atoms with Crippen molar-refractivity contribution in [1.82, 2.24) is 5.32 Å². The first-order chi connectivity index (χ1) is 5.59. The summed E-state index contributed by atoms with van der Waals surface area (Å²) in [5.74, 6) is -0.252. The fourth-order valence-electron chi connectivity index (χ4n) is 1.13. The molecule has 0 bridgehead atoms. The van der Waals surface area contributed by atoms with E-state index in [9.17, 15) is 4.79 Å². The Labute approximate surface area is 76.7 Å². The minimum absolute atomic E-state index is 0.252. The molecule has 1 amide bonds. The summed E-state index contributed by atoms with van der Waals surface area (Å²) in [6.07, 6.45) is 2.50. The van der Waals surface area contributed by atoms with Crippen LogP contribution in [0.2, 0.25) is 0 Å². The van der Waals surface area contributed by atoms with Crippen molar-refractivity contribution in [3.8, 4) is 6.07 Å². The Morgan fingerprint density at radius 1 is 1.75 bits per heavy atom. The Bertz CT molecular complexity index is 228. The number of rotatable bonds is 2. The first-order valence-electron chi connectivity index (χ1n) is 3.97. The number of nitrogens with one attached hydrogen (secondary N) is 1. The number of halogens is 1. The molecule has 1 atom stereocenters. The third kappa shape index (κ3) is 1.70. The van der Waals surface area contributed by atoms with Crippen molar-refractivity contribution in [2.75, 3.05) is 0 Å². The Balaban J connectivity index is 2.50. The van der Waals surface area contributed by atoms with Gasteiger partial charge in [0, 0.05) is 0 Å². The lowest BCUT2D eigenvalue weighted by atomic mass is 9.78. The third-order valence-electron chi connectivity index (χ3n) is 2.14. The minimum Gasteiger partial charge on any atom is -0.337 e. The maximum Gasteiger partial charge on any atom is 0.239 e. The van der Waals surface area contributed by atoms with E-state index < -0.39 is 10.9 Å². The standard InChI is InChI=1S/C8H11ClN2O/c1-6(9)7(12)11-8(5-10)3-2-4-8/h6H,2-4H2,1H3,(H,11,12)/t6-/m1/s1. The molecule has 0 aromatic carbocycles. The van der Waals surface area contributed by atoms with Gasteiger partial charge >= 0.3 is 0 Å². The number of carbonyl (C=O) groups excluding carboxylic acids is 1. The highest BCUT2D eigenvalue weighted by molar-refractivity contribution is 6.30. The van der Waals surface area contributed by atoms with Crippen LogP contribution in [0.1, 0.15) is 26.2 Å². The molecule has 1 aliphatic rings. The second kappa shape index (κ2) is 3.32. The van der Waals surface area contributed by atoms with Gasteiger partial charge in [0.1, 0.15) is 10.9 Å². The van der Waals surface area contributed by atoms with Gasteiger partial charge in [-0.05, 0) is 26.2 Å². The summed E-state index contributed by atoms with van der Waals surface area (Å²) < 4.78 is 0. The van der Waals surface area contributed by atoms with Gasteiger partial charge in [-0.25, -0.2) is 0 Å². The average molecular weight is 187 g/mol. The number of amides is 1. The summed E-state index contributed by atoms with van der Waals surface area (Å²) in [5, 5.41) is 10.8. The number of carbonyl (C=O) groups is 1. The summed E-state index contributed by atoms with van der Waals surface area (Å²) in [6, 6.07) is 2.11. The van der Waals surface area contributed by atoms with Crippen molar-refractivity contribution in [2.45, 2.75) is 37.1 Å². The van der Waals surface area contributed by atoms with E-state index in [0.29, 0.717) is 0 Å². The van der Waals surface area contributed by atoms with E-state index in [1.54, 1.807) is 6.92 Å². The summed E-state index contributed by atoms with van der Waals surface area (Å²) in [6.45, 7) is 1.60. The maximum absolute atomic E-state index is 11.1. The molecule has 1 saturated carbocycles. The van der Waals surface area contributed by atoms with Gasteiger partial charge in [0.05, 0.1) is 6.07 Å². The van der Waals surface area contributed by atoms with Crippen LogP contribution in [0.5, 0.6) is 0 Å². The van der Waals surface area contributed by atoms with Crippen LogP contribution >= 0.6 is 11.6 Å². The zero-order chi connectivity index (χ0) is 9.19. The zero-order valence-corrected chi connectivity index (χ0v) is 7.69. The van der Waals surface area contributed by atoms with E-state index in [1.807, 2.05) is 0 Å². The summed E-state index contributed by atoms with van der Waals surface area (Å²) >= 11 is 5.55. The molecule has 0 aromatic heterocycles. The second-order valence-electron chi connectivity index (χ2n) is 3.15. The molecule has 0 saturated heterocycles. The first kappa shape index (κ1) is 9.34. The fourth-order valence-corrected chi connectivity index (χ4v) is 1.18. The second-order valence-corrected chi connectivity index (χ2v) is 3.81. The molecule has 12 heavy (non-hydrogen) atoms. The molecule has 0 heterocycles. The Morgan fingerprint density at radius 3 is 2.58 bits per heavy atom. The lowest BCUT2D eigenvalue weighted by molar-refractivity contribution is -0.122. The van der Waals surface area contributed by atoms with Crippen LogP contribution in [0.15, 0.2) is 0 Å². The fraction of sp³-hybridized carbons (Fsp3) is 0.750. The van der Waals surface area contributed by atoms with Crippen LogP contribution in [0.4, 0.5) is 0 Å². The number of hydrogen-bond acceptors (Lipinski definition) is 2. The largest absolute Gasteiger partial charge is 0.337 e. The van der Waals surface area contributed by atoms with Crippen molar-refractivity contribution >= 4 is 17.5 Å². The van der Waals surface area contributed by atoms with Gasteiger partial charge in [-0.2, -0.15) is 5.26 Å². The minimum atomic E-state index is -0.611. The van der Waals surface area contributed by atoms with E-state index in [0.717, 1.165) is 19.3 Å². The summed E-state index contributed by atoms with van der Waals surface area (Å²) in [5.41, 5.74) is -0.611. The van der Waals surface area contributed by atoms with Crippen LogP contribution in [-0.4, -0.2) is 16.8 Å². The molecule has 1 N–H and O–H groups in total. The van der Waals surface area contributed by atoms with Gasteiger partial charge in [-0.3, -0.25) is 4.79 Å². The third-order valence-corrected chi connectivity index (χ3v) is 2.34. The summed E-state index contributed by atoms with van der Waals surface area (Å²) in [4.78, 5) is 11.1. The van der Waals surface area contributed by atoms with Gasteiger partial charge in [0.25, 0.3) is 0 Å². The van der Waals surface area contributed by atoms with Crippen LogP contribution in [0, 0.1) is 11.3 Å². The average Bonchev–Trinajstić information content (AvgIpc) is 1.96. The van der Waals surface area contributed by atoms with Crippen molar-refractivity contribution in [3.63, 3.8) is 0 Å². The highest BCUT2D eigenvalue weighted by Crippen LogP contribution is 2.31. The predicted molar refractivity (Wildman–Crippen MR) is 45.7 cm³/mol. The number of nitrogens with zero attached hydrogens (tertiary/aromatic N) is 1. The molecular weight excluding hydrogens is 176 g/mol. The first-order valence-corrected chi connectivity index (χ1v) is 4.41. The predicted octanol–water partition coefficient (Wildman–Crippen LogP) is 1.18.